The van der Waals surface area contributed by atoms with Crippen LogP contribution in [0.25, 0.3) is 0 Å². The molecule has 3 aliphatic carbocycles. The van der Waals surface area contributed by atoms with Crippen LogP contribution in [0.1, 0.15) is 18.4 Å². The van der Waals surface area contributed by atoms with Crippen molar-refractivity contribution in [1.29, 1.82) is 5.26 Å². The minimum absolute atomic E-state index is 0.133. The van der Waals surface area contributed by atoms with Crippen LogP contribution in [0.4, 0.5) is 5.69 Å². The molecular weight excluding hydrogens is 264 g/mol. The standard InChI is InChI=1S/C17H14N2O2/c18-9-12-3-1-2-4-13(12)19-16(20)14-10-5-6-11(8-7-10)15(14)17(19)21/h1-6,10-11,14-15H,7-8H2/t10-,11-,14?,15?/m0/s1. The van der Waals surface area contributed by atoms with Crippen molar-refractivity contribution in [2.75, 3.05) is 4.90 Å². The number of anilines is 1. The lowest BCUT2D eigenvalue weighted by molar-refractivity contribution is -0.124. The molecule has 21 heavy (non-hydrogen) atoms. The zero-order chi connectivity index (χ0) is 14.6. The summed E-state index contributed by atoms with van der Waals surface area (Å²) in [5, 5.41) is 9.21. The fourth-order valence-corrected chi connectivity index (χ4v) is 4.07. The van der Waals surface area contributed by atoms with E-state index in [-0.39, 0.29) is 35.5 Å². The van der Waals surface area contributed by atoms with Crippen molar-refractivity contribution < 1.29 is 9.59 Å². The second-order valence-electron chi connectivity index (χ2n) is 5.98. The van der Waals surface area contributed by atoms with Crippen LogP contribution in [0.15, 0.2) is 36.4 Å². The second-order valence-corrected chi connectivity index (χ2v) is 5.98. The molecule has 0 spiro atoms. The van der Waals surface area contributed by atoms with Crippen molar-refractivity contribution in [2.24, 2.45) is 23.7 Å². The van der Waals surface area contributed by atoms with Gasteiger partial charge in [-0.05, 0) is 36.8 Å². The maximum atomic E-state index is 12.8. The largest absolute Gasteiger partial charge is 0.274 e. The topological polar surface area (TPSA) is 61.2 Å². The molecule has 1 saturated heterocycles. The third kappa shape index (κ3) is 1.55. The Labute approximate surface area is 122 Å². The summed E-state index contributed by atoms with van der Waals surface area (Å²) in [6, 6.07) is 8.89. The number of carbonyl (C=O) groups is 2. The second kappa shape index (κ2) is 4.29. The molecule has 1 heterocycles. The molecule has 2 unspecified atom stereocenters. The molecule has 1 saturated carbocycles. The number of hydrogen-bond acceptors (Lipinski definition) is 3. The number of fused-ring (bicyclic) bond motifs is 1. The smallest absolute Gasteiger partial charge is 0.238 e. The number of imide groups is 1. The third-order valence-electron chi connectivity index (χ3n) is 5.02. The van der Waals surface area contributed by atoms with Gasteiger partial charge < -0.3 is 0 Å². The number of allylic oxidation sites excluding steroid dienone is 2. The Kier molecular flexibility index (Phi) is 2.52. The number of nitriles is 1. The van der Waals surface area contributed by atoms with E-state index < -0.39 is 0 Å². The fraction of sp³-hybridized carbons (Fsp3) is 0.353. The van der Waals surface area contributed by atoms with Gasteiger partial charge in [0.05, 0.1) is 23.1 Å². The summed E-state index contributed by atoms with van der Waals surface area (Å²) in [6.45, 7) is 0. The SMILES string of the molecule is N#Cc1ccccc1N1C(=O)C2C(C1=O)[C@H]1C=C[C@H]2CC1. The lowest BCUT2D eigenvalue weighted by Gasteiger charge is -2.38. The van der Waals surface area contributed by atoms with E-state index >= 15 is 0 Å². The number of amides is 2. The average molecular weight is 278 g/mol. The first kappa shape index (κ1) is 12.3. The summed E-state index contributed by atoms with van der Waals surface area (Å²) in [5.41, 5.74) is 0.807. The highest BCUT2D eigenvalue weighted by Crippen LogP contribution is 2.50. The molecule has 1 aliphatic heterocycles. The van der Waals surface area contributed by atoms with Crippen LogP contribution in [0.2, 0.25) is 0 Å². The summed E-state index contributed by atoms with van der Waals surface area (Å²) in [7, 11) is 0. The number of carbonyl (C=O) groups excluding carboxylic acids is 2. The summed E-state index contributed by atoms with van der Waals surface area (Å²) < 4.78 is 0. The predicted molar refractivity (Wildman–Crippen MR) is 76.0 cm³/mol. The van der Waals surface area contributed by atoms with Crippen molar-refractivity contribution >= 4 is 17.5 Å². The molecule has 5 rings (SSSR count). The van der Waals surface area contributed by atoms with E-state index in [1.165, 1.54) is 4.90 Å². The minimum atomic E-state index is -0.229. The van der Waals surface area contributed by atoms with Gasteiger partial charge in [0.2, 0.25) is 11.8 Å². The Morgan fingerprint density at radius 3 is 2.10 bits per heavy atom. The van der Waals surface area contributed by atoms with Gasteiger partial charge in [0, 0.05) is 0 Å². The Balaban J connectivity index is 1.81. The number of benzene rings is 1. The molecule has 0 N–H and O–H groups in total. The molecule has 104 valence electrons. The zero-order valence-corrected chi connectivity index (χ0v) is 11.4. The minimum Gasteiger partial charge on any atom is -0.274 e. The lowest BCUT2D eigenvalue weighted by Crippen LogP contribution is -2.38. The highest BCUT2D eigenvalue weighted by atomic mass is 16.2. The van der Waals surface area contributed by atoms with Gasteiger partial charge in [-0.1, -0.05) is 24.3 Å². The molecule has 4 atom stereocenters. The fourth-order valence-electron chi connectivity index (χ4n) is 4.07. The van der Waals surface area contributed by atoms with Crippen LogP contribution in [0, 0.1) is 35.0 Å². The first-order chi connectivity index (χ1) is 10.2. The van der Waals surface area contributed by atoms with Gasteiger partial charge in [0.1, 0.15) is 6.07 Å². The quantitative estimate of drug-likeness (QED) is 0.584. The Morgan fingerprint density at radius 1 is 1.00 bits per heavy atom. The van der Waals surface area contributed by atoms with Crippen molar-refractivity contribution in [3.8, 4) is 6.07 Å². The number of nitrogens with zero attached hydrogens (tertiary/aromatic N) is 2. The van der Waals surface area contributed by atoms with Crippen LogP contribution < -0.4 is 4.90 Å². The zero-order valence-electron chi connectivity index (χ0n) is 11.4. The molecule has 4 heteroatoms. The molecule has 1 aromatic carbocycles. The maximum Gasteiger partial charge on any atom is 0.238 e. The molecule has 0 aromatic heterocycles. The van der Waals surface area contributed by atoms with Crippen molar-refractivity contribution in [2.45, 2.75) is 12.8 Å². The lowest BCUT2D eigenvalue weighted by atomic mass is 9.63. The highest BCUT2D eigenvalue weighted by Gasteiger charge is 2.57. The molecule has 0 radical (unpaired) electrons. The Hall–Kier alpha value is -2.41. The number of para-hydroxylation sites is 1. The molecular formula is C17H14N2O2. The average Bonchev–Trinajstić information content (AvgIpc) is 2.82. The van der Waals surface area contributed by atoms with Crippen LogP contribution >= 0.6 is 0 Å². The number of hydrogen-bond donors (Lipinski definition) is 0. The van der Waals surface area contributed by atoms with E-state index in [4.69, 9.17) is 0 Å². The van der Waals surface area contributed by atoms with Crippen molar-refractivity contribution in [1.82, 2.24) is 0 Å². The maximum absolute atomic E-state index is 12.8. The van der Waals surface area contributed by atoms with Gasteiger partial charge in [-0.15, -0.1) is 0 Å². The third-order valence-corrected chi connectivity index (χ3v) is 5.02. The number of rotatable bonds is 1. The summed E-state index contributed by atoms with van der Waals surface area (Å²) in [5.74, 6) is -0.370. The van der Waals surface area contributed by atoms with E-state index in [1.807, 2.05) is 0 Å². The van der Waals surface area contributed by atoms with Gasteiger partial charge in [-0.2, -0.15) is 5.26 Å². The van der Waals surface area contributed by atoms with Gasteiger partial charge in [0.25, 0.3) is 0 Å². The monoisotopic (exact) mass is 278 g/mol. The van der Waals surface area contributed by atoms with E-state index in [0.717, 1.165) is 12.8 Å². The predicted octanol–water partition coefficient (Wildman–Crippen LogP) is 2.26. The van der Waals surface area contributed by atoms with Crippen LogP contribution in [-0.2, 0) is 9.59 Å². The van der Waals surface area contributed by atoms with Crippen LogP contribution in [0.3, 0.4) is 0 Å². The first-order valence-corrected chi connectivity index (χ1v) is 7.27. The molecule has 2 fully saturated rings. The molecule has 2 amide bonds. The van der Waals surface area contributed by atoms with Gasteiger partial charge in [0.15, 0.2) is 0 Å². The van der Waals surface area contributed by atoms with Crippen LogP contribution in [0.5, 0.6) is 0 Å². The van der Waals surface area contributed by atoms with Gasteiger partial charge in [-0.3, -0.25) is 9.59 Å². The van der Waals surface area contributed by atoms with E-state index in [9.17, 15) is 14.9 Å². The molecule has 4 nitrogen and oxygen atoms in total. The van der Waals surface area contributed by atoms with Crippen LogP contribution in [-0.4, -0.2) is 11.8 Å². The molecule has 2 bridgehead atoms. The summed E-state index contributed by atoms with van der Waals surface area (Å²) in [6.07, 6.45) is 6.16. The van der Waals surface area contributed by atoms with Crippen molar-refractivity contribution in [3.05, 3.63) is 42.0 Å². The van der Waals surface area contributed by atoms with E-state index in [0.29, 0.717) is 11.3 Å². The van der Waals surface area contributed by atoms with E-state index in [2.05, 4.69) is 18.2 Å². The van der Waals surface area contributed by atoms with Crippen molar-refractivity contribution in [3.63, 3.8) is 0 Å². The summed E-state index contributed by atoms with van der Waals surface area (Å²) in [4.78, 5) is 26.8. The first-order valence-electron chi connectivity index (χ1n) is 7.27. The molecule has 4 aliphatic rings. The van der Waals surface area contributed by atoms with E-state index in [1.54, 1.807) is 24.3 Å². The highest BCUT2D eigenvalue weighted by molar-refractivity contribution is 6.23. The Bertz CT molecular complexity index is 684. The van der Waals surface area contributed by atoms with Gasteiger partial charge in [-0.25, -0.2) is 4.90 Å². The summed E-state index contributed by atoms with van der Waals surface area (Å²) >= 11 is 0. The Morgan fingerprint density at radius 2 is 1.57 bits per heavy atom. The van der Waals surface area contributed by atoms with Gasteiger partial charge >= 0.3 is 0 Å². The normalized spacial score (nSPS) is 33.2. The molecule has 1 aromatic rings.